The lowest BCUT2D eigenvalue weighted by Crippen LogP contribution is -2.22. The van der Waals surface area contributed by atoms with Crippen LogP contribution >= 0.6 is 0 Å². The highest BCUT2D eigenvalue weighted by molar-refractivity contribution is 5.89. The summed E-state index contributed by atoms with van der Waals surface area (Å²) in [6.45, 7) is 1.09. The maximum absolute atomic E-state index is 13.7. The van der Waals surface area contributed by atoms with Crippen molar-refractivity contribution >= 4 is 11.7 Å². The SMILES string of the molecule is C[C@H](COc1c([N+](=O)[O-])ccc(F)c1F)OC(=O)c1ccccc1. The highest BCUT2D eigenvalue weighted by atomic mass is 19.2. The molecule has 2 aromatic carbocycles. The summed E-state index contributed by atoms with van der Waals surface area (Å²) in [6, 6.07) is 9.58. The molecule has 8 heteroatoms. The van der Waals surface area contributed by atoms with Crippen LogP contribution in [0.25, 0.3) is 0 Å². The lowest BCUT2D eigenvalue weighted by atomic mass is 10.2. The van der Waals surface area contributed by atoms with Crippen molar-refractivity contribution in [2.75, 3.05) is 6.61 Å². The number of carbonyl (C=O) groups is 1. The molecule has 0 N–H and O–H groups in total. The van der Waals surface area contributed by atoms with Gasteiger partial charge in [-0.15, -0.1) is 0 Å². The molecule has 126 valence electrons. The molecule has 0 fully saturated rings. The summed E-state index contributed by atoms with van der Waals surface area (Å²) >= 11 is 0. The largest absolute Gasteiger partial charge is 0.481 e. The van der Waals surface area contributed by atoms with E-state index in [0.717, 1.165) is 6.07 Å². The third-order valence-corrected chi connectivity index (χ3v) is 3.01. The van der Waals surface area contributed by atoms with Gasteiger partial charge in [-0.05, 0) is 25.1 Å². The molecule has 0 aliphatic heterocycles. The van der Waals surface area contributed by atoms with E-state index in [1.54, 1.807) is 30.3 Å². The fraction of sp³-hybridized carbons (Fsp3) is 0.188. The van der Waals surface area contributed by atoms with Crippen molar-refractivity contribution in [1.29, 1.82) is 0 Å². The third-order valence-electron chi connectivity index (χ3n) is 3.01. The molecule has 0 saturated carbocycles. The fourth-order valence-electron chi connectivity index (χ4n) is 1.86. The van der Waals surface area contributed by atoms with Crippen LogP contribution in [0.15, 0.2) is 42.5 Å². The Hall–Kier alpha value is -3.03. The zero-order valence-corrected chi connectivity index (χ0v) is 12.6. The third kappa shape index (κ3) is 4.03. The van der Waals surface area contributed by atoms with Gasteiger partial charge in [0, 0.05) is 6.07 Å². The van der Waals surface area contributed by atoms with Gasteiger partial charge in [0.1, 0.15) is 12.7 Å². The summed E-state index contributed by atoms with van der Waals surface area (Å²) in [5, 5.41) is 10.8. The maximum atomic E-state index is 13.7. The zero-order chi connectivity index (χ0) is 17.7. The van der Waals surface area contributed by atoms with Gasteiger partial charge in [-0.1, -0.05) is 18.2 Å². The summed E-state index contributed by atoms with van der Waals surface area (Å²) in [6.07, 6.45) is -0.833. The second kappa shape index (κ2) is 7.49. The number of rotatable bonds is 6. The molecule has 0 amide bonds. The Kier molecular flexibility index (Phi) is 5.41. The minimum atomic E-state index is -1.47. The van der Waals surface area contributed by atoms with E-state index in [1.807, 2.05) is 0 Å². The second-order valence-electron chi connectivity index (χ2n) is 4.86. The van der Waals surface area contributed by atoms with Crippen LogP contribution in [0.2, 0.25) is 0 Å². The van der Waals surface area contributed by atoms with Crippen LogP contribution in [0.1, 0.15) is 17.3 Å². The van der Waals surface area contributed by atoms with Gasteiger partial charge in [0.15, 0.2) is 5.82 Å². The molecule has 6 nitrogen and oxygen atoms in total. The van der Waals surface area contributed by atoms with Gasteiger partial charge in [-0.2, -0.15) is 4.39 Å². The van der Waals surface area contributed by atoms with Crippen LogP contribution in [-0.2, 0) is 4.74 Å². The molecule has 0 heterocycles. The molecule has 24 heavy (non-hydrogen) atoms. The first-order chi connectivity index (χ1) is 11.4. The van der Waals surface area contributed by atoms with Gasteiger partial charge in [0.05, 0.1) is 10.5 Å². The van der Waals surface area contributed by atoms with Crippen molar-refractivity contribution < 1.29 is 28.0 Å². The van der Waals surface area contributed by atoms with Crippen molar-refractivity contribution in [3.05, 3.63) is 69.8 Å². The monoisotopic (exact) mass is 337 g/mol. The molecule has 0 aliphatic rings. The van der Waals surface area contributed by atoms with E-state index in [-0.39, 0.29) is 6.61 Å². The van der Waals surface area contributed by atoms with E-state index in [0.29, 0.717) is 11.6 Å². The van der Waals surface area contributed by atoms with Crippen LogP contribution in [0.4, 0.5) is 14.5 Å². The highest BCUT2D eigenvalue weighted by Gasteiger charge is 2.24. The predicted octanol–water partition coefficient (Wildman–Crippen LogP) is 3.50. The number of carbonyl (C=O) groups excluding carboxylic acids is 1. The number of hydrogen-bond acceptors (Lipinski definition) is 5. The molecule has 0 radical (unpaired) electrons. The lowest BCUT2D eigenvalue weighted by Gasteiger charge is -2.15. The summed E-state index contributed by atoms with van der Waals surface area (Å²) < 4.78 is 37.0. The number of halogens is 2. The summed E-state index contributed by atoms with van der Waals surface area (Å²) in [4.78, 5) is 21.8. The van der Waals surface area contributed by atoms with Crippen molar-refractivity contribution in [2.24, 2.45) is 0 Å². The number of nitrogens with zero attached hydrogens (tertiary/aromatic N) is 1. The van der Waals surface area contributed by atoms with Gasteiger partial charge in [0.2, 0.25) is 11.6 Å². The molecule has 0 saturated heterocycles. The van der Waals surface area contributed by atoms with E-state index in [4.69, 9.17) is 9.47 Å². The molecular weight excluding hydrogens is 324 g/mol. The first-order valence-corrected chi connectivity index (χ1v) is 6.91. The van der Waals surface area contributed by atoms with Crippen LogP contribution in [-0.4, -0.2) is 23.6 Å². The second-order valence-corrected chi connectivity index (χ2v) is 4.86. The van der Waals surface area contributed by atoms with E-state index in [9.17, 15) is 23.7 Å². The molecule has 0 aromatic heterocycles. The molecule has 0 unspecified atom stereocenters. The van der Waals surface area contributed by atoms with Crippen LogP contribution in [0.5, 0.6) is 5.75 Å². The van der Waals surface area contributed by atoms with Crippen molar-refractivity contribution in [3.8, 4) is 5.75 Å². The Morgan fingerprint density at radius 2 is 1.88 bits per heavy atom. The summed E-state index contributed by atoms with van der Waals surface area (Å²) in [5.74, 6) is -4.20. The molecular formula is C16H13F2NO5. The average molecular weight is 337 g/mol. The molecule has 0 spiro atoms. The Balaban J connectivity index is 2.04. The Bertz CT molecular complexity index is 752. The van der Waals surface area contributed by atoms with Gasteiger partial charge in [0.25, 0.3) is 0 Å². The Labute approximate surface area is 135 Å². The van der Waals surface area contributed by atoms with Gasteiger partial charge in [-0.25, -0.2) is 9.18 Å². The maximum Gasteiger partial charge on any atom is 0.338 e. The number of nitro groups is 1. The average Bonchev–Trinajstić information content (AvgIpc) is 2.56. The first kappa shape index (κ1) is 17.3. The van der Waals surface area contributed by atoms with Crippen LogP contribution in [0, 0.1) is 21.7 Å². The molecule has 0 bridgehead atoms. The number of nitro benzene ring substituents is 1. The van der Waals surface area contributed by atoms with E-state index >= 15 is 0 Å². The standard InChI is InChI=1S/C16H13F2NO5/c1-10(24-16(20)11-5-3-2-4-6-11)9-23-15-13(19(21)22)8-7-12(17)14(15)18/h2-8,10H,9H2,1H3/t10-/m1/s1. The molecule has 1 atom stereocenters. The first-order valence-electron chi connectivity index (χ1n) is 6.91. The number of esters is 1. The van der Waals surface area contributed by atoms with E-state index < -0.39 is 40.1 Å². The molecule has 2 aromatic rings. The molecule has 2 rings (SSSR count). The Morgan fingerprint density at radius 1 is 1.21 bits per heavy atom. The van der Waals surface area contributed by atoms with Gasteiger partial charge in [-0.3, -0.25) is 10.1 Å². The minimum absolute atomic E-state index is 0.312. The number of hydrogen-bond donors (Lipinski definition) is 0. The van der Waals surface area contributed by atoms with Gasteiger partial charge >= 0.3 is 11.7 Å². The summed E-state index contributed by atoms with van der Waals surface area (Å²) in [7, 11) is 0. The van der Waals surface area contributed by atoms with Crippen molar-refractivity contribution in [3.63, 3.8) is 0 Å². The van der Waals surface area contributed by atoms with Crippen LogP contribution in [0.3, 0.4) is 0 Å². The highest BCUT2D eigenvalue weighted by Crippen LogP contribution is 2.31. The number of ether oxygens (including phenoxy) is 2. The smallest absolute Gasteiger partial charge is 0.338 e. The van der Waals surface area contributed by atoms with Crippen LogP contribution < -0.4 is 4.74 Å². The van der Waals surface area contributed by atoms with E-state index in [1.165, 1.54) is 6.92 Å². The minimum Gasteiger partial charge on any atom is -0.481 e. The molecule has 0 aliphatic carbocycles. The summed E-state index contributed by atoms with van der Waals surface area (Å²) in [5.41, 5.74) is -0.400. The topological polar surface area (TPSA) is 78.7 Å². The lowest BCUT2D eigenvalue weighted by molar-refractivity contribution is -0.386. The van der Waals surface area contributed by atoms with Crippen molar-refractivity contribution in [1.82, 2.24) is 0 Å². The quantitative estimate of drug-likeness (QED) is 0.458. The Morgan fingerprint density at radius 3 is 2.50 bits per heavy atom. The zero-order valence-electron chi connectivity index (χ0n) is 12.6. The van der Waals surface area contributed by atoms with Gasteiger partial charge < -0.3 is 9.47 Å². The number of benzene rings is 2. The fourth-order valence-corrected chi connectivity index (χ4v) is 1.86. The normalized spacial score (nSPS) is 11.6. The predicted molar refractivity (Wildman–Crippen MR) is 79.8 cm³/mol. The van der Waals surface area contributed by atoms with E-state index in [2.05, 4.69) is 0 Å². The van der Waals surface area contributed by atoms with Crippen molar-refractivity contribution in [2.45, 2.75) is 13.0 Å².